The zero-order chi connectivity index (χ0) is 14.1. The van der Waals surface area contributed by atoms with Crippen molar-refractivity contribution < 1.29 is 22.7 Å². The Bertz CT molecular complexity index is 312. The highest BCUT2D eigenvalue weighted by molar-refractivity contribution is 5.68. The van der Waals surface area contributed by atoms with Gasteiger partial charge in [0.2, 0.25) is 0 Å². The second-order valence-corrected chi connectivity index (χ2v) is 5.52. The first-order valence-corrected chi connectivity index (χ1v) is 5.82. The molecule has 4 nitrogen and oxygen atoms in total. The van der Waals surface area contributed by atoms with E-state index in [-0.39, 0.29) is 13.0 Å². The SMILES string of the molecule is CC(C)(C)OC(=O)N1CC[C@@H](N)C[C@H]1C(F)(F)F. The summed E-state index contributed by atoms with van der Waals surface area (Å²) < 4.78 is 43.5. The summed E-state index contributed by atoms with van der Waals surface area (Å²) in [5.41, 5.74) is 4.72. The molecule has 0 aromatic carbocycles. The molecule has 2 N–H and O–H groups in total. The maximum Gasteiger partial charge on any atom is 0.410 e. The van der Waals surface area contributed by atoms with Crippen LogP contribution in [0, 0.1) is 0 Å². The maximum atomic E-state index is 12.9. The number of alkyl halides is 3. The van der Waals surface area contributed by atoms with E-state index in [1.54, 1.807) is 20.8 Å². The molecule has 0 aliphatic carbocycles. The lowest BCUT2D eigenvalue weighted by Crippen LogP contribution is -2.56. The Morgan fingerprint density at radius 2 is 1.89 bits per heavy atom. The molecule has 2 atom stereocenters. The molecule has 106 valence electrons. The molecule has 1 aliphatic heterocycles. The van der Waals surface area contributed by atoms with E-state index in [4.69, 9.17) is 10.5 Å². The van der Waals surface area contributed by atoms with Crippen LogP contribution in [0.15, 0.2) is 0 Å². The molecule has 0 spiro atoms. The number of nitrogens with two attached hydrogens (primary N) is 1. The van der Waals surface area contributed by atoms with Crippen LogP contribution in [0.3, 0.4) is 0 Å². The van der Waals surface area contributed by atoms with Gasteiger partial charge >= 0.3 is 12.3 Å². The molecule has 1 aliphatic rings. The van der Waals surface area contributed by atoms with E-state index in [0.717, 1.165) is 4.90 Å². The Morgan fingerprint density at radius 3 is 2.33 bits per heavy atom. The molecule has 1 fully saturated rings. The molecule has 0 aromatic rings. The van der Waals surface area contributed by atoms with E-state index in [0.29, 0.717) is 6.42 Å². The Labute approximate surface area is 104 Å². The van der Waals surface area contributed by atoms with Gasteiger partial charge in [0.25, 0.3) is 0 Å². The van der Waals surface area contributed by atoms with Crippen molar-refractivity contribution in [1.82, 2.24) is 4.90 Å². The lowest BCUT2D eigenvalue weighted by Gasteiger charge is -2.39. The summed E-state index contributed by atoms with van der Waals surface area (Å²) in [5.74, 6) is 0. The highest BCUT2D eigenvalue weighted by Crippen LogP contribution is 2.32. The van der Waals surface area contributed by atoms with Gasteiger partial charge in [-0.25, -0.2) is 4.79 Å². The molecular weight excluding hydrogens is 249 g/mol. The Morgan fingerprint density at radius 1 is 1.33 bits per heavy atom. The lowest BCUT2D eigenvalue weighted by molar-refractivity contribution is -0.188. The zero-order valence-corrected chi connectivity index (χ0v) is 10.8. The molecule has 0 aromatic heterocycles. The van der Waals surface area contributed by atoms with Crippen LogP contribution in [0.25, 0.3) is 0 Å². The standard InChI is InChI=1S/C11H19F3N2O2/c1-10(2,3)18-9(17)16-5-4-7(15)6-8(16)11(12,13)14/h7-8H,4-6,15H2,1-3H3/t7-,8+/m1/s1. The minimum Gasteiger partial charge on any atom is -0.444 e. The largest absolute Gasteiger partial charge is 0.444 e. The van der Waals surface area contributed by atoms with Crippen molar-refractivity contribution >= 4 is 6.09 Å². The predicted molar refractivity (Wildman–Crippen MR) is 60.0 cm³/mol. The van der Waals surface area contributed by atoms with Gasteiger partial charge in [-0.05, 0) is 33.6 Å². The van der Waals surface area contributed by atoms with E-state index in [1.807, 2.05) is 0 Å². The van der Waals surface area contributed by atoms with E-state index in [2.05, 4.69) is 0 Å². The number of nitrogens with zero attached hydrogens (tertiary/aromatic N) is 1. The van der Waals surface area contributed by atoms with Crippen molar-refractivity contribution in [3.8, 4) is 0 Å². The number of likely N-dealkylation sites (tertiary alicyclic amines) is 1. The number of amides is 1. The van der Waals surface area contributed by atoms with Gasteiger partial charge in [0.15, 0.2) is 0 Å². The number of ether oxygens (including phenoxy) is 1. The quantitative estimate of drug-likeness (QED) is 0.733. The molecule has 18 heavy (non-hydrogen) atoms. The number of piperidine rings is 1. The van der Waals surface area contributed by atoms with Gasteiger partial charge in [-0.15, -0.1) is 0 Å². The summed E-state index contributed by atoms with van der Waals surface area (Å²) in [6.07, 6.45) is -5.33. The summed E-state index contributed by atoms with van der Waals surface area (Å²) in [6, 6.07) is -2.38. The molecule has 7 heteroatoms. The molecular formula is C11H19F3N2O2. The average molecular weight is 268 g/mol. The molecule has 1 amide bonds. The van der Waals surface area contributed by atoms with Gasteiger partial charge in [-0.3, -0.25) is 4.90 Å². The fourth-order valence-corrected chi connectivity index (χ4v) is 1.84. The fraction of sp³-hybridized carbons (Fsp3) is 0.909. The van der Waals surface area contributed by atoms with Crippen molar-refractivity contribution in [2.75, 3.05) is 6.54 Å². The first-order chi connectivity index (χ1) is 8.00. The predicted octanol–water partition coefficient (Wildman–Crippen LogP) is 2.28. The lowest BCUT2D eigenvalue weighted by atomic mass is 9.98. The van der Waals surface area contributed by atoms with Gasteiger partial charge in [0.05, 0.1) is 0 Å². The molecule has 1 heterocycles. The van der Waals surface area contributed by atoms with Crippen LogP contribution in [0.5, 0.6) is 0 Å². The molecule has 0 radical (unpaired) electrons. The van der Waals surface area contributed by atoms with Crippen LogP contribution in [-0.2, 0) is 4.74 Å². The Kier molecular flexibility index (Phi) is 4.15. The smallest absolute Gasteiger partial charge is 0.410 e. The normalized spacial score (nSPS) is 26.1. The van der Waals surface area contributed by atoms with Gasteiger partial charge in [-0.1, -0.05) is 0 Å². The molecule has 1 saturated heterocycles. The summed E-state index contributed by atoms with van der Waals surface area (Å²) in [5, 5.41) is 0. The third-order valence-electron chi connectivity index (χ3n) is 2.65. The first-order valence-electron chi connectivity index (χ1n) is 5.82. The van der Waals surface area contributed by atoms with Crippen LogP contribution in [0.2, 0.25) is 0 Å². The first kappa shape index (κ1) is 15.1. The van der Waals surface area contributed by atoms with Crippen molar-refractivity contribution in [2.24, 2.45) is 5.73 Å². The fourth-order valence-electron chi connectivity index (χ4n) is 1.84. The topological polar surface area (TPSA) is 55.6 Å². The highest BCUT2D eigenvalue weighted by Gasteiger charge is 2.48. The number of carbonyl (C=O) groups is 1. The number of hydrogen-bond acceptors (Lipinski definition) is 3. The van der Waals surface area contributed by atoms with Gasteiger partial charge in [0, 0.05) is 12.6 Å². The molecule has 1 rings (SSSR count). The van der Waals surface area contributed by atoms with Gasteiger partial charge < -0.3 is 10.5 Å². The van der Waals surface area contributed by atoms with Gasteiger partial charge in [0.1, 0.15) is 11.6 Å². The minimum absolute atomic E-state index is 0.0275. The van der Waals surface area contributed by atoms with Crippen LogP contribution >= 0.6 is 0 Å². The van der Waals surface area contributed by atoms with Crippen molar-refractivity contribution in [3.05, 3.63) is 0 Å². The minimum atomic E-state index is -4.48. The number of rotatable bonds is 0. The maximum absolute atomic E-state index is 12.9. The molecule has 0 bridgehead atoms. The summed E-state index contributed by atoms with van der Waals surface area (Å²) in [6.45, 7) is 4.82. The number of carbonyl (C=O) groups excluding carboxylic acids is 1. The van der Waals surface area contributed by atoms with Crippen molar-refractivity contribution in [3.63, 3.8) is 0 Å². The third-order valence-corrected chi connectivity index (χ3v) is 2.65. The zero-order valence-electron chi connectivity index (χ0n) is 10.8. The second kappa shape index (κ2) is 4.95. The van der Waals surface area contributed by atoms with E-state index in [9.17, 15) is 18.0 Å². The monoisotopic (exact) mass is 268 g/mol. The van der Waals surface area contributed by atoms with E-state index >= 15 is 0 Å². The Hall–Kier alpha value is -0.980. The van der Waals surface area contributed by atoms with E-state index < -0.39 is 30.0 Å². The van der Waals surface area contributed by atoms with Crippen LogP contribution in [0.1, 0.15) is 33.6 Å². The molecule has 0 saturated carbocycles. The summed E-state index contributed by atoms with van der Waals surface area (Å²) >= 11 is 0. The van der Waals surface area contributed by atoms with Crippen LogP contribution in [0.4, 0.5) is 18.0 Å². The van der Waals surface area contributed by atoms with Crippen molar-refractivity contribution in [2.45, 2.75) is 57.5 Å². The third kappa shape index (κ3) is 4.04. The van der Waals surface area contributed by atoms with Crippen LogP contribution < -0.4 is 5.73 Å². The second-order valence-electron chi connectivity index (χ2n) is 5.52. The molecule has 0 unspecified atom stereocenters. The average Bonchev–Trinajstić information content (AvgIpc) is 2.13. The summed E-state index contributed by atoms with van der Waals surface area (Å²) in [4.78, 5) is 12.5. The van der Waals surface area contributed by atoms with E-state index in [1.165, 1.54) is 0 Å². The van der Waals surface area contributed by atoms with Gasteiger partial charge in [-0.2, -0.15) is 13.2 Å². The van der Waals surface area contributed by atoms with Crippen molar-refractivity contribution in [1.29, 1.82) is 0 Å². The highest BCUT2D eigenvalue weighted by atomic mass is 19.4. The van der Waals surface area contributed by atoms with Crippen LogP contribution in [-0.4, -0.2) is 41.4 Å². The Balaban J connectivity index is 2.81. The summed E-state index contributed by atoms with van der Waals surface area (Å²) in [7, 11) is 0. The number of halogens is 3. The number of hydrogen-bond donors (Lipinski definition) is 1.